The summed E-state index contributed by atoms with van der Waals surface area (Å²) in [4.78, 5) is 0.310. The van der Waals surface area contributed by atoms with E-state index in [4.69, 9.17) is 0 Å². The van der Waals surface area contributed by atoms with E-state index in [9.17, 15) is 13.4 Å². The van der Waals surface area contributed by atoms with Gasteiger partial charge in [-0.3, -0.25) is 0 Å². The van der Waals surface area contributed by atoms with Crippen LogP contribution in [-0.2, 0) is 9.84 Å². The molecule has 1 rings (SSSR count). The first kappa shape index (κ1) is 11.3. The summed E-state index contributed by atoms with van der Waals surface area (Å²) in [5.41, 5.74) is 0.722. The van der Waals surface area contributed by atoms with E-state index >= 15 is 0 Å². The van der Waals surface area contributed by atoms with E-state index in [0.29, 0.717) is 4.90 Å². The van der Waals surface area contributed by atoms with E-state index in [1.807, 2.05) is 0 Å². The fourth-order valence-corrected chi connectivity index (χ4v) is 2.00. The van der Waals surface area contributed by atoms with Crippen LogP contribution in [0.4, 0.5) is 0 Å². The highest BCUT2D eigenvalue weighted by atomic mass is 32.2. The first-order chi connectivity index (χ1) is 6.47. The zero-order valence-corrected chi connectivity index (χ0v) is 9.08. The van der Waals surface area contributed by atoms with Gasteiger partial charge in [0.05, 0.1) is 10.6 Å². The second-order valence-electron chi connectivity index (χ2n) is 3.15. The molecule has 0 aliphatic carbocycles. The quantitative estimate of drug-likeness (QED) is 0.733. The lowest BCUT2D eigenvalue weighted by Gasteiger charge is -2.03. The Morgan fingerprint density at radius 3 is 2.14 bits per heavy atom. The Morgan fingerprint density at radius 1 is 1.29 bits per heavy atom. The third-order valence-corrected chi connectivity index (χ3v) is 3.85. The Bertz CT molecular complexity index is 395. The predicted octanol–water partition coefficient (Wildman–Crippen LogP) is 0.301. The smallest absolute Gasteiger partial charge is 0.320 e. The number of hydrogen-bond donors (Lipinski definition) is 1. The van der Waals surface area contributed by atoms with Crippen molar-refractivity contribution in [2.45, 2.75) is 18.6 Å². The van der Waals surface area contributed by atoms with E-state index in [1.165, 1.54) is 12.1 Å². The molecule has 0 saturated carbocycles. The van der Waals surface area contributed by atoms with Gasteiger partial charge in [-0.1, -0.05) is 25.9 Å². The first-order valence-electron chi connectivity index (χ1n) is 4.48. The highest BCUT2D eigenvalue weighted by Crippen LogP contribution is 2.08. The van der Waals surface area contributed by atoms with Crippen molar-refractivity contribution >= 4 is 22.2 Å². The summed E-state index contributed by atoms with van der Waals surface area (Å²) in [6.07, 6.45) is 0. The number of rotatable bonds is 3. The molecule has 0 saturated heterocycles. The fraction of sp³-hybridized carbons (Fsp3) is 0.333. The second kappa shape index (κ2) is 4.15. The number of benzene rings is 1. The molecule has 0 aromatic heterocycles. The summed E-state index contributed by atoms with van der Waals surface area (Å²) in [6, 6.07) is 6.32. The summed E-state index contributed by atoms with van der Waals surface area (Å²) in [7, 11) is -3.12. The van der Waals surface area contributed by atoms with Crippen LogP contribution >= 0.6 is 0 Å². The van der Waals surface area contributed by atoms with E-state index < -0.39 is 16.8 Å². The summed E-state index contributed by atoms with van der Waals surface area (Å²) >= 11 is 0. The minimum atomic E-state index is -3.12. The van der Waals surface area contributed by atoms with Gasteiger partial charge in [-0.2, -0.15) is 0 Å². The van der Waals surface area contributed by atoms with E-state index in [1.54, 1.807) is 25.9 Å². The van der Waals surface area contributed by atoms with Crippen LogP contribution in [0.2, 0.25) is 6.82 Å². The molecule has 0 heterocycles. The Labute approximate surface area is 84.8 Å². The first-order valence-corrected chi connectivity index (χ1v) is 6.13. The Morgan fingerprint density at radius 2 is 1.79 bits per heavy atom. The molecule has 14 heavy (non-hydrogen) atoms. The molecule has 1 aromatic rings. The molecule has 0 unspecified atom stereocenters. The monoisotopic (exact) mass is 212 g/mol. The van der Waals surface area contributed by atoms with Crippen molar-refractivity contribution in [3.63, 3.8) is 0 Å². The van der Waals surface area contributed by atoms with Crippen molar-refractivity contribution in [3.8, 4) is 0 Å². The van der Waals surface area contributed by atoms with Gasteiger partial charge in [0, 0.05) is 0 Å². The van der Waals surface area contributed by atoms with Crippen LogP contribution in [0, 0.1) is 0 Å². The maximum atomic E-state index is 11.4. The molecule has 0 radical (unpaired) electrons. The average molecular weight is 212 g/mol. The summed E-state index contributed by atoms with van der Waals surface area (Å²) < 4.78 is 22.8. The third kappa shape index (κ3) is 2.36. The summed E-state index contributed by atoms with van der Waals surface area (Å²) in [5, 5.41) is 9.23. The molecule has 0 amide bonds. The van der Waals surface area contributed by atoms with Gasteiger partial charge in [-0.05, 0) is 17.6 Å². The van der Waals surface area contributed by atoms with Gasteiger partial charge in [-0.25, -0.2) is 8.42 Å². The van der Waals surface area contributed by atoms with E-state index in [-0.39, 0.29) is 5.75 Å². The molecular weight excluding hydrogens is 199 g/mol. The standard InChI is InChI=1S/C9H13BO3S/c1-3-14(12,13)9-6-4-8(5-7-9)10(2)11/h4-7,11H,3H2,1-2H3. The zero-order valence-electron chi connectivity index (χ0n) is 8.27. The van der Waals surface area contributed by atoms with Gasteiger partial charge >= 0.3 is 6.92 Å². The third-order valence-electron chi connectivity index (χ3n) is 2.10. The molecule has 0 bridgehead atoms. The van der Waals surface area contributed by atoms with Gasteiger partial charge in [0.25, 0.3) is 0 Å². The molecule has 76 valence electrons. The SMILES string of the molecule is CCS(=O)(=O)c1ccc(B(C)O)cc1. The van der Waals surface area contributed by atoms with Crippen molar-refractivity contribution in [1.82, 2.24) is 0 Å². The van der Waals surface area contributed by atoms with Crippen LogP contribution < -0.4 is 5.46 Å². The largest absolute Gasteiger partial charge is 0.447 e. The van der Waals surface area contributed by atoms with Gasteiger partial charge in [0.1, 0.15) is 0 Å². The van der Waals surface area contributed by atoms with Gasteiger partial charge < -0.3 is 5.02 Å². The van der Waals surface area contributed by atoms with Crippen molar-refractivity contribution in [2.75, 3.05) is 5.75 Å². The number of sulfone groups is 1. The minimum Gasteiger partial charge on any atom is -0.447 e. The van der Waals surface area contributed by atoms with Gasteiger partial charge in [0.15, 0.2) is 9.84 Å². The second-order valence-corrected chi connectivity index (χ2v) is 5.43. The average Bonchev–Trinajstić information content (AvgIpc) is 2.18. The minimum absolute atomic E-state index is 0.0982. The van der Waals surface area contributed by atoms with Crippen molar-refractivity contribution in [1.29, 1.82) is 0 Å². The summed E-state index contributed by atoms with van der Waals surface area (Å²) in [5.74, 6) is 0.0982. The Kier molecular flexibility index (Phi) is 3.34. The van der Waals surface area contributed by atoms with Crippen LogP contribution in [0.25, 0.3) is 0 Å². The lowest BCUT2D eigenvalue weighted by Crippen LogP contribution is -2.25. The van der Waals surface area contributed by atoms with Crippen LogP contribution in [0.5, 0.6) is 0 Å². The molecule has 1 N–H and O–H groups in total. The molecule has 0 aliphatic heterocycles. The molecule has 0 spiro atoms. The maximum absolute atomic E-state index is 11.4. The van der Waals surface area contributed by atoms with E-state index in [0.717, 1.165) is 5.46 Å². The van der Waals surface area contributed by atoms with Crippen molar-refractivity contribution in [3.05, 3.63) is 24.3 Å². The molecule has 1 aromatic carbocycles. The lowest BCUT2D eigenvalue weighted by atomic mass is 9.64. The van der Waals surface area contributed by atoms with Crippen LogP contribution in [-0.4, -0.2) is 26.1 Å². The maximum Gasteiger partial charge on any atom is 0.320 e. The molecule has 0 aliphatic rings. The molecule has 5 heteroatoms. The Hall–Kier alpha value is -0.805. The molecule has 3 nitrogen and oxygen atoms in total. The predicted molar refractivity (Wildman–Crippen MR) is 57.6 cm³/mol. The van der Waals surface area contributed by atoms with Gasteiger partial charge in [-0.15, -0.1) is 0 Å². The molecule has 0 atom stereocenters. The number of hydrogen-bond acceptors (Lipinski definition) is 3. The van der Waals surface area contributed by atoms with Gasteiger partial charge in [0.2, 0.25) is 0 Å². The van der Waals surface area contributed by atoms with E-state index in [2.05, 4.69) is 0 Å². The zero-order chi connectivity index (χ0) is 10.8. The van der Waals surface area contributed by atoms with Crippen LogP contribution in [0.1, 0.15) is 6.92 Å². The Balaban J connectivity index is 3.06. The lowest BCUT2D eigenvalue weighted by molar-refractivity contribution is 0.592. The van der Waals surface area contributed by atoms with Crippen molar-refractivity contribution < 1.29 is 13.4 Å². The normalized spacial score (nSPS) is 11.4. The highest BCUT2D eigenvalue weighted by molar-refractivity contribution is 7.91. The molecule has 0 fully saturated rings. The van der Waals surface area contributed by atoms with Crippen LogP contribution in [0.3, 0.4) is 0 Å². The molecular formula is C9H13BO3S. The topological polar surface area (TPSA) is 54.4 Å². The highest BCUT2D eigenvalue weighted by Gasteiger charge is 2.12. The summed E-state index contributed by atoms with van der Waals surface area (Å²) in [6.45, 7) is 2.69. The van der Waals surface area contributed by atoms with Crippen molar-refractivity contribution in [2.24, 2.45) is 0 Å². The van der Waals surface area contributed by atoms with Crippen LogP contribution in [0.15, 0.2) is 29.2 Å². The fourth-order valence-electron chi connectivity index (χ4n) is 1.12.